The van der Waals surface area contributed by atoms with Crippen molar-refractivity contribution in [2.24, 2.45) is 0 Å². The normalized spacial score (nSPS) is 19.5. The number of anilines is 1. The van der Waals surface area contributed by atoms with Crippen LogP contribution in [0.25, 0.3) is 0 Å². The first-order valence-corrected chi connectivity index (χ1v) is 8.14. The number of ether oxygens (including phenoxy) is 1. The molecule has 1 atom stereocenters. The zero-order valence-electron chi connectivity index (χ0n) is 13.9. The molecule has 0 amide bonds. The molecule has 23 heavy (non-hydrogen) atoms. The fourth-order valence-corrected chi connectivity index (χ4v) is 2.87. The lowest BCUT2D eigenvalue weighted by Gasteiger charge is -2.24. The minimum absolute atomic E-state index is 0.186. The van der Waals surface area contributed by atoms with Crippen molar-refractivity contribution in [3.63, 3.8) is 0 Å². The number of rotatable bonds is 5. The predicted octanol–water partition coefficient (Wildman–Crippen LogP) is 1.64. The maximum atomic E-state index is 5.97. The van der Waals surface area contributed by atoms with Crippen molar-refractivity contribution in [1.82, 2.24) is 19.7 Å². The van der Waals surface area contributed by atoms with Gasteiger partial charge in [0.2, 0.25) is 0 Å². The van der Waals surface area contributed by atoms with Gasteiger partial charge < -0.3 is 9.64 Å². The molecule has 2 aromatic rings. The van der Waals surface area contributed by atoms with E-state index < -0.39 is 0 Å². The lowest BCUT2D eigenvalue weighted by atomic mass is 10.2. The third kappa shape index (κ3) is 4.53. The van der Waals surface area contributed by atoms with Crippen molar-refractivity contribution in [1.29, 1.82) is 0 Å². The summed E-state index contributed by atoms with van der Waals surface area (Å²) in [7, 11) is 4.02. The van der Waals surface area contributed by atoms with Gasteiger partial charge in [-0.1, -0.05) is 6.07 Å². The molecule has 0 aliphatic carbocycles. The zero-order valence-corrected chi connectivity index (χ0v) is 13.9. The molecular formula is C17H25N5O. The molecule has 0 N–H and O–H groups in total. The molecule has 0 bridgehead atoms. The first-order chi connectivity index (χ1) is 11.2. The first kappa shape index (κ1) is 16.0. The van der Waals surface area contributed by atoms with Crippen molar-refractivity contribution in [2.45, 2.75) is 25.6 Å². The van der Waals surface area contributed by atoms with Crippen LogP contribution >= 0.6 is 0 Å². The second-order valence-electron chi connectivity index (χ2n) is 6.23. The Balaban J connectivity index is 1.59. The summed E-state index contributed by atoms with van der Waals surface area (Å²) in [5.74, 6) is 0.990. The fraction of sp³-hybridized carbons (Fsp3) is 0.529. The van der Waals surface area contributed by atoms with Crippen molar-refractivity contribution >= 4 is 5.82 Å². The summed E-state index contributed by atoms with van der Waals surface area (Å²) in [6.07, 6.45) is 7.03. The summed E-state index contributed by atoms with van der Waals surface area (Å²) >= 11 is 0. The summed E-state index contributed by atoms with van der Waals surface area (Å²) < 4.78 is 7.92. The van der Waals surface area contributed by atoms with Crippen LogP contribution in [0, 0.1) is 0 Å². The molecule has 1 aliphatic rings. The largest absolute Gasteiger partial charge is 0.375 e. The smallest absolute Gasteiger partial charge is 0.127 e. The van der Waals surface area contributed by atoms with Crippen LogP contribution in [-0.2, 0) is 17.8 Å². The second kappa shape index (κ2) is 7.57. The molecular weight excluding hydrogens is 290 g/mol. The van der Waals surface area contributed by atoms with E-state index in [1.54, 1.807) is 0 Å². The molecule has 0 aromatic carbocycles. The number of pyridine rings is 1. The van der Waals surface area contributed by atoms with Gasteiger partial charge in [0.1, 0.15) is 5.82 Å². The topological polar surface area (TPSA) is 46.4 Å². The zero-order chi connectivity index (χ0) is 16.1. The van der Waals surface area contributed by atoms with Gasteiger partial charge in [-0.2, -0.15) is 5.10 Å². The minimum Gasteiger partial charge on any atom is -0.375 e. The highest BCUT2D eigenvalue weighted by atomic mass is 16.5. The van der Waals surface area contributed by atoms with Crippen molar-refractivity contribution in [3.8, 4) is 0 Å². The van der Waals surface area contributed by atoms with Crippen LogP contribution < -0.4 is 4.90 Å². The van der Waals surface area contributed by atoms with Gasteiger partial charge in [0.05, 0.1) is 12.6 Å². The van der Waals surface area contributed by atoms with E-state index in [2.05, 4.69) is 27.1 Å². The number of hydrogen-bond donors (Lipinski definition) is 0. The molecule has 1 saturated heterocycles. The standard InChI is InChI=1S/C17H25N5O/c1-20(2)17-6-5-15(11-18-17)12-21-8-4-10-23-16(13-21)14-22-9-3-7-19-22/h3,5-7,9,11,16H,4,8,10,12-14H2,1-2H3. The molecule has 6 nitrogen and oxygen atoms in total. The third-order valence-electron chi connectivity index (χ3n) is 4.06. The van der Waals surface area contributed by atoms with Gasteiger partial charge in [-0.05, 0) is 24.1 Å². The van der Waals surface area contributed by atoms with Gasteiger partial charge in [0, 0.05) is 58.9 Å². The first-order valence-electron chi connectivity index (χ1n) is 8.14. The molecule has 6 heteroatoms. The Labute approximate surface area is 137 Å². The maximum Gasteiger partial charge on any atom is 0.127 e. The molecule has 1 fully saturated rings. The van der Waals surface area contributed by atoms with Crippen LogP contribution in [0.1, 0.15) is 12.0 Å². The van der Waals surface area contributed by atoms with E-state index in [-0.39, 0.29) is 6.10 Å². The van der Waals surface area contributed by atoms with Crippen molar-refractivity contribution < 1.29 is 4.74 Å². The van der Waals surface area contributed by atoms with Crippen molar-refractivity contribution in [3.05, 3.63) is 42.4 Å². The van der Waals surface area contributed by atoms with E-state index in [0.29, 0.717) is 0 Å². The minimum atomic E-state index is 0.186. The average molecular weight is 315 g/mol. The third-order valence-corrected chi connectivity index (χ3v) is 4.06. The number of aromatic nitrogens is 3. The second-order valence-corrected chi connectivity index (χ2v) is 6.23. The van der Waals surface area contributed by atoms with Crippen LogP contribution in [0.2, 0.25) is 0 Å². The van der Waals surface area contributed by atoms with E-state index >= 15 is 0 Å². The summed E-state index contributed by atoms with van der Waals surface area (Å²) in [5, 5.41) is 4.28. The van der Waals surface area contributed by atoms with Crippen LogP contribution in [0.3, 0.4) is 0 Å². The molecule has 1 aliphatic heterocycles. The Hall–Kier alpha value is -1.92. The van der Waals surface area contributed by atoms with Gasteiger partial charge in [-0.25, -0.2) is 4.98 Å². The summed E-state index contributed by atoms with van der Waals surface area (Å²) in [5.41, 5.74) is 1.25. The maximum absolute atomic E-state index is 5.97. The molecule has 124 valence electrons. The van der Waals surface area contributed by atoms with Crippen LogP contribution in [0.5, 0.6) is 0 Å². The van der Waals surface area contributed by atoms with E-state index in [1.807, 2.05) is 48.3 Å². The van der Waals surface area contributed by atoms with Crippen molar-refractivity contribution in [2.75, 3.05) is 38.7 Å². The van der Waals surface area contributed by atoms with Gasteiger partial charge in [-0.3, -0.25) is 9.58 Å². The van der Waals surface area contributed by atoms with E-state index in [9.17, 15) is 0 Å². The van der Waals surface area contributed by atoms with Gasteiger partial charge >= 0.3 is 0 Å². The molecule has 0 spiro atoms. The van der Waals surface area contributed by atoms with Gasteiger partial charge in [0.25, 0.3) is 0 Å². The predicted molar refractivity (Wildman–Crippen MR) is 90.4 cm³/mol. The highest BCUT2D eigenvalue weighted by molar-refractivity contribution is 5.37. The summed E-state index contributed by atoms with van der Waals surface area (Å²) in [6, 6.07) is 6.19. The molecule has 3 rings (SSSR count). The van der Waals surface area contributed by atoms with Crippen LogP contribution in [0.4, 0.5) is 5.82 Å². The number of hydrogen-bond acceptors (Lipinski definition) is 5. The highest BCUT2D eigenvalue weighted by Crippen LogP contribution is 2.14. The fourth-order valence-electron chi connectivity index (χ4n) is 2.87. The number of nitrogens with zero attached hydrogens (tertiary/aromatic N) is 5. The molecule has 0 saturated carbocycles. The SMILES string of the molecule is CN(C)c1ccc(CN2CCCOC(Cn3cccn3)C2)cn1. The van der Waals surface area contributed by atoms with E-state index in [4.69, 9.17) is 4.74 Å². The van der Waals surface area contributed by atoms with E-state index in [1.165, 1.54) is 5.56 Å². The van der Waals surface area contributed by atoms with Gasteiger partial charge in [-0.15, -0.1) is 0 Å². The summed E-state index contributed by atoms with van der Waals surface area (Å²) in [4.78, 5) is 8.97. The monoisotopic (exact) mass is 315 g/mol. The lowest BCUT2D eigenvalue weighted by Crippen LogP contribution is -2.34. The molecule has 3 heterocycles. The molecule has 2 aromatic heterocycles. The highest BCUT2D eigenvalue weighted by Gasteiger charge is 2.19. The molecule has 1 unspecified atom stereocenters. The Kier molecular flexibility index (Phi) is 5.25. The Morgan fingerprint density at radius 2 is 2.26 bits per heavy atom. The average Bonchev–Trinajstić information content (AvgIpc) is 2.95. The van der Waals surface area contributed by atoms with Crippen LogP contribution in [-0.4, -0.2) is 59.6 Å². The quantitative estimate of drug-likeness (QED) is 0.839. The Bertz CT molecular complexity index is 582. The molecule has 0 radical (unpaired) electrons. The summed E-state index contributed by atoms with van der Waals surface area (Å²) in [6.45, 7) is 4.53. The van der Waals surface area contributed by atoms with E-state index in [0.717, 1.165) is 45.0 Å². The Morgan fingerprint density at radius 1 is 1.35 bits per heavy atom. The Morgan fingerprint density at radius 3 is 2.96 bits per heavy atom. The van der Waals surface area contributed by atoms with Gasteiger partial charge in [0.15, 0.2) is 0 Å². The van der Waals surface area contributed by atoms with Crippen LogP contribution in [0.15, 0.2) is 36.8 Å². The lowest BCUT2D eigenvalue weighted by molar-refractivity contribution is 0.0391.